The highest BCUT2D eigenvalue weighted by Gasteiger charge is 2.42. The van der Waals surface area contributed by atoms with Crippen molar-refractivity contribution in [3.8, 4) is 17.2 Å². The van der Waals surface area contributed by atoms with Crippen LogP contribution in [0.25, 0.3) is 0 Å². The van der Waals surface area contributed by atoms with E-state index in [1.807, 2.05) is 61.5 Å². The van der Waals surface area contributed by atoms with Crippen LogP contribution in [0.4, 0.5) is 0 Å². The summed E-state index contributed by atoms with van der Waals surface area (Å²) in [6.45, 7) is 2.00. The van der Waals surface area contributed by atoms with Gasteiger partial charge in [0.05, 0.1) is 31.4 Å². The van der Waals surface area contributed by atoms with Crippen LogP contribution in [0.1, 0.15) is 48.3 Å². The summed E-state index contributed by atoms with van der Waals surface area (Å²) in [7, 11) is 3.04. The molecular formula is C33H32ClNO6. The first-order valence-electron chi connectivity index (χ1n) is 13.5. The van der Waals surface area contributed by atoms with Gasteiger partial charge in [0.2, 0.25) is 0 Å². The van der Waals surface area contributed by atoms with Crippen LogP contribution in [-0.4, -0.2) is 37.7 Å². The fourth-order valence-corrected chi connectivity index (χ4v) is 5.87. The molecule has 0 fully saturated rings. The highest BCUT2D eigenvalue weighted by atomic mass is 35.5. The molecule has 41 heavy (non-hydrogen) atoms. The van der Waals surface area contributed by atoms with Gasteiger partial charge in [0.15, 0.2) is 17.3 Å². The number of ether oxygens (including phenoxy) is 3. The van der Waals surface area contributed by atoms with Crippen LogP contribution in [0.5, 0.6) is 17.2 Å². The Morgan fingerprint density at radius 2 is 1.73 bits per heavy atom. The zero-order valence-electron chi connectivity index (χ0n) is 23.2. The Labute approximate surface area is 244 Å². The number of dihydropyridines is 1. The molecule has 2 N–H and O–H groups in total. The standard InChI is InChI=1S/C33H32ClNO6/c1-19-29(33(38)41-14-13-20-7-5-4-6-8-20)30(23-15-25(34)32(37)28(18-23)40-3)31-26(35-19)16-22(17-27(31)36)21-9-11-24(39-2)12-10-21/h4-12,15,18,22,30,35,37H,13-14,16-17H2,1-3H3/t22-,30-/m1/s1. The van der Waals surface area contributed by atoms with E-state index in [4.69, 9.17) is 25.8 Å². The summed E-state index contributed by atoms with van der Waals surface area (Å²) < 4.78 is 16.4. The number of nitrogens with one attached hydrogen (secondary N) is 1. The van der Waals surface area contributed by atoms with Gasteiger partial charge >= 0.3 is 5.97 Å². The Balaban J connectivity index is 1.51. The molecule has 1 heterocycles. The van der Waals surface area contributed by atoms with E-state index < -0.39 is 11.9 Å². The number of carbonyl (C=O) groups is 2. The lowest BCUT2D eigenvalue weighted by molar-refractivity contribution is -0.139. The predicted octanol–water partition coefficient (Wildman–Crippen LogP) is 6.21. The number of Topliss-reactive ketones (excluding diaryl/α,β-unsaturated/α-hetero) is 1. The minimum absolute atomic E-state index is 0.0366. The third-order valence-electron chi connectivity index (χ3n) is 7.71. The number of ketones is 1. The summed E-state index contributed by atoms with van der Waals surface area (Å²) in [5, 5.41) is 13.8. The monoisotopic (exact) mass is 573 g/mol. The number of carbonyl (C=O) groups excluding carboxylic acids is 2. The quantitative estimate of drug-likeness (QED) is 0.309. The van der Waals surface area contributed by atoms with Crippen molar-refractivity contribution in [3.05, 3.63) is 111 Å². The largest absolute Gasteiger partial charge is 0.503 e. The van der Waals surface area contributed by atoms with Crippen molar-refractivity contribution in [3.63, 3.8) is 0 Å². The van der Waals surface area contributed by atoms with Gasteiger partial charge in [-0.2, -0.15) is 0 Å². The molecule has 0 bridgehead atoms. The summed E-state index contributed by atoms with van der Waals surface area (Å²) in [5.41, 5.74) is 4.83. The van der Waals surface area contributed by atoms with Gasteiger partial charge in [0, 0.05) is 35.7 Å². The second-order valence-corrected chi connectivity index (χ2v) is 10.6. The van der Waals surface area contributed by atoms with Crippen molar-refractivity contribution in [2.45, 2.75) is 38.0 Å². The minimum Gasteiger partial charge on any atom is -0.503 e. The van der Waals surface area contributed by atoms with Crippen molar-refractivity contribution in [2.24, 2.45) is 0 Å². The lowest BCUT2D eigenvalue weighted by atomic mass is 9.71. The Kier molecular flexibility index (Phi) is 8.36. The second-order valence-electron chi connectivity index (χ2n) is 10.2. The number of halogens is 1. The molecule has 0 saturated heterocycles. The molecule has 1 aliphatic carbocycles. The van der Waals surface area contributed by atoms with Gasteiger partial charge in [0.1, 0.15) is 5.75 Å². The first-order valence-corrected chi connectivity index (χ1v) is 13.8. The maximum absolute atomic E-state index is 13.9. The molecular weight excluding hydrogens is 542 g/mol. The summed E-state index contributed by atoms with van der Waals surface area (Å²) in [6, 6.07) is 20.7. The molecule has 0 unspecified atom stereocenters. The molecule has 212 valence electrons. The molecule has 0 spiro atoms. The van der Waals surface area contributed by atoms with E-state index in [1.54, 1.807) is 19.2 Å². The highest BCUT2D eigenvalue weighted by molar-refractivity contribution is 6.32. The second kappa shape index (κ2) is 12.1. The molecule has 7 nitrogen and oxygen atoms in total. The number of methoxy groups -OCH3 is 2. The Bertz CT molecular complexity index is 1530. The zero-order chi connectivity index (χ0) is 29.1. The highest BCUT2D eigenvalue weighted by Crippen LogP contribution is 2.48. The predicted molar refractivity (Wildman–Crippen MR) is 156 cm³/mol. The van der Waals surface area contributed by atoms with E-state index in [2.05, 4.69) is 5.32 Å². The van der Waals surface area contributed by atoms with Crippen molar-refractivity contribution in [1.82, 2.24) is 5.32 Å². The van der Waals surface area contributed by atoms with Gasteiger partial charge in [0.25, 0.3) is 0 Å². The SMILES string of the molecule is COc1ccc([C@H]2CC(=O)C3=C(C2)NC(C)=C(C(=O)OCCc2ccccc2)[C@H]3c2cc(Cl)c(O)c(OC)c2)cc1. The van der Waals surface area contributed by atoms with Crippen LogP contribution < -0.4 is 14.8 Å². The number of esters is 1. The number of rotatable bonds is 8. The van der Waals surface area contributed by atoms with E-state index in [0.717, 1.165) is 22.6 Å². The number of phenols is 1. The number of aromatic hydroxyl groups is 1. The van der Waals surface area contributed by atoms with E-state index in [-0.39, 0.29) is 41.3 Å². The lowest BCUT2D eigenvalue weighted by Crippen LogP contribution is -2.36. The number of benzene rings is 3. The number of hydrogen-bond acceptors (Lipinski definition) is 7. The number of allylic oxidation sites excluding steroid dienone is 3. The number of phenolic OH excluding ortho intramolecular Hbond substituents is 1. The van der Waals surface area contributed by atoms with Gasteiger partial charge in [-0.3, -0.25) is 4.79 Å². The molecule has 0 radical (unpaired) electrons. The summed E-state index contributed by atoms with van der Waals surface area (Å²) in [4.78, 5) is 27.5. The van der Waals surface area contributed by atoms with Crippen molar-refractivity contribution in [1.29, 1.82) is 0 Å². The van der Waals surface area contributed by atoms with Crippen LogP contribution in [-0.2, 0) is 20.7 Å². The maximum atomic E-state index is 13.9. The summed E-state index contributed by atoms with van der Waals surface area (Å²) in [6.07, 6.45) is 1.43. The van der Waals surface area contributed by atoms with Gasteiger partial charge in [-0.25, -0.2) is 4.79 Å². The van der Waals surface area contributed by atoms with Crippen LogP contribution in [0.15, 0.2) is 89.3 Å². The third kappa shape index (κ3) is 5.81. The summed E-state index contributed by atoms with van der Waals surface area (Å²) >= 11 is 6.38. The van der Waals surface area contributed by atoms with Gasteiger partial charge < -0.3 is 24.6 Å². The molecule has 3 aromatic carbocycles. The van der Waals surface area contributed by atoms with Crippen LogP contribution in [0, 0.1) is 0 Å². The molecule has 2 atom stereocenters. The fourth-order valence-electron chi connectivity index (χ4n) is 5.65. The molecule has 0 aromatic heterocycles. The molecule has 3 aromatic rings. The Morgan fingerprint density at radius 1 is 1.00 bits per heavy atom. The first-order chi connectivity index (χ1) is 19.8. The van der Waals surface area contributed by atoms with Crippen molar-refractivity contribution in [2.75, 3.05) is 20.8 Å². The van der Waals surface area contributed by atoms with Crippen LogP contribution in [0.2, 0.25) is 5.02 Å². The number of hydrogen-bond donors (Lipinski definition) is 2. The summed E-state index contributed by atoms with van der Waals surface area (Å²) in [5.74, 6) is -0.674. The van der Waals surface area contributed by atoms with Crippen molar-refractivity contribution >= 4 is 23.4 Å². The van der Waals surface area contributed by atoms with Crippen LogP contribution >= 0.6 is 11.6 Å². The minimum atomic E-state index is -0.744. The normalized spacial score (nSPS) is 18.5. The fraction of sp³-hybridized carbons (Fsp3) is 0.273. The molecule has 2 aliphatic rings. The van der Waals surface area contributed by atoms with E-state index in [1.165, 1.54) is 7.11 Å². The lowest BCUT2D eigenvalue weighted by Gasteiger charge is -2.37. The molecule has 5 rings (SSSR count). The smallest absolute Gasteiger partial charge is 0.336 e. The van der Waals surface area contributed by atoms with Crippen LogP contribution in [0.3, 0.4) is 0 Å². The maximum Gasteiger partial charge on any atom is 0.336 e. The van der Waals surface area contributed by atoms with Gasteiger partial charge in [-0.1, -0.05) is 54.1 Å². The average molecular weight is 574 g/mol. The third-order valence-corrected chi connectivity index (χ3v) is 7.99. The van der Waals surface area contributed by atoms with Gasteiger partial charge in [-0.05, 0) is 60.2 Å². The van der Waals surface area contributed by atoms with E-state index in [0.29, 0.717) is 35.2 Å². The molecule has 0 amide bonds. The molecule has 0 saturated carbocycles. The average Bonchev–Trinajstić information content (AvgIpc) is 2.98. The van der Waals surface area contributed by atoms with Gasteiger partial charge in [-0.15, -0.1) is 0 Å². The first kappa shape index (κ1) is 28.3. The molecule has 1 aliphatic heterocycles. The van der Waals surface area contributed by atoms with E-state index in [9.17, 15) is 14.7 Å². The van der Waals surface area contributed by atoms with E-state index >= 15 is 0 Å². The Morgan fingerprint density at radius 3 is 2.41 bits per heavy atom. The topological polar surface area (TPSA) is 94.1 Å². The Hall–Kier alpha value is -4.23. The van der Waals surface area contributed by atoms with Crippen molar-refractivity contribution < 1.29 is 28.9 Å². The zero-order valence-corrected chi connectivity index (χ0v) is 24.0. The molecule has 8 heteroatoms.